The van der Waals surface area contributed by atoms with Crippen molar-refractivity contribution in [2.75, 3.05) is 0 Å². The van der Waals surface area contributed by atoms with Gasteiger partial charge in [0.2, 0.25) is 7.28 Å². The molecule has 0 radical (unpaired) electrons. The van der Waals surface area contributed by atoms with Crippen LogP contribution in [0.25, 0.3) is 16.5 Å². The SMILES string of the molecule is C=C(/C=C(\C)Cc1ccc2ncc(C)cc2c1)C(=O)BCc1cc(C(=C)C)c(C)cc1P. The Kier molecular flexibility index (Phi) is 7.64. The van der Waals surface area contributed by atoms with Gasteiger partial charge in [0.25, 0.3) is 0 Å². The minimum atomic E-state index is 0.0875. The van der Waals surface area contributed by atoms with E-state index in [0.29, 0.717) is 19.2 Å². The van der Waals surface area contributed by atoms with Gasteiger partial charge in [-0.3, -0.25) is 4.98 Å². The van der Waals surface area contributed by atoms with Crippen molar-refractivity contribution in [1.29, 1.82) is 0 Å². The van der Waals surface area contributed by atoms with Crippen LogP contribution in [0.5, 0.6) is 0 Å². The number of pyridine rings is 1. The molecule has 2 aromatic carbocycles. The molecule has 0 fully saturated rings. The number of carbonyl (C=O) groups is 1. The fourth-order valence-electron chi connectivity index (χ4n) is 4.01. The van der Waals surface area contributed by atoms with Gasteiger partial charge < -0.3 is 4.79 Å². The summed E-state index contributed by atoms with van der Waals surface area (Å²) in [5, 5.41) is 2.28. The second-order valence-electron chi connectivity index (χ2n) is 8.80. The zero-order valence-electron chi connectivity index (χ0n) is 19.6. The molecule has 1 atom stereocenters. The number of benzene rings is 2. The summed E-state index contributed by atoms with van der Waals surface area (Å²) in [5.41, 5.74) is 9.71. The molecule has 1 unspecified atom stereocenters. The number of aromatic nitrogens is 1. The molecular weight excluding hydrogens is 408 g/mol. The summed E-state index contributed by atoms with van der Waals surface area (Å²) in [7, 11) is 3.23. The molecule has 0 bridgehead atoms. The molecule has 0 aliphatic heterocycles. The summed E-state index contributed by atoms with van der Waals surface area (Å²) in [5.74, 6) is 0. The van der Waals surface area contributed by atoms with Crippen molar-refractivity contribution in [3.8, 4) is 0 Å². The van der Waals surface area contributed by atoms with Gasteiger partial charge in [0, 0.05) is 11.6 Å². The largest absolute Gasteiger partial charge is 0.306 e. The van der Waals surface area contributed by atoms with Gasteiger partial charge in [0.15, 0.2) is 0 Å². The van der Waals surface area contributed by atoms with E-state index in [-0.39, 0.29) is 5.68 Å². The first kappa shape index (κ1) is 23.9. The van der Waals surface area contributed by atoms with Gasteiger partial charge in [-0.1, -0.05) is 48.6 Å². The number of rotatable bonds is 8. The van der Waals surface area contributed by atoms with Crippen molar-refractivity contribution < 1.29 is 4.79 Å². The molecule has 2 nitrogen and oxygen atoms in total. The molecule has 0 aliphatic carbocycles. The van der Waals surface area contributed by atoms with Gasteiger partial charge in [-0.15, -0.1) is 9.24 Å². The molecule has 162 valence electrons. The number of fused-ring (bicyclic) bond motifs is 1. The van der Waals surface area contributed by atoms with E-state index in [1.165, 1.54) is 16.7 Å². The zero-order chi connectivity index (χ0) is 23.4. The Labute approximate surface area is 195 Å². The molecule has 3 rings (SSSR count). The van der Waals surface area contributed by atoms with Crippen LogP contribution in [0, 0.1) is 13.8 Å². The van der Waals surface area contributed by atoms with Gasteiger partial charge in [-0.05, 0) is 97.3 Å². The average Bonchev–Trinajstić information content (AvgIpc) is 2.72. The van der Waals surface area contributed by atoms with E-state index in [1.807, 2.05) is 19.2 Å². The minimum Gasteiger partial charge on any atom is -0.306 e. The average molecular weight is 439 g/mol. The molecule has 0 aliphatic rings. The highest BCUT2D eigenvalue weighted by Gasteiger charge is 2.12. The Hall–Kier alpha value is -2.77. The number of aryl methyl sites for hydroxylation is 2. The van der Waals surface area contributed by atoms with Crippen molar-refractivity contribution in [1.82, 2.24) is 4.98 Å². The Bertz CT molecular complexity index is 1260. The zero-order valence-corrected chi connectivity index (χ0v) is 20.7. The fourth-order valence-corrected chi connectivity index (χ4v) is 4.49. The summed E-state index contributed by atoms with van der Waals surface area (Å²) < 4.78 is 0. The molecule has 0 N–H and O–H groups in total. The van der Waals surface area contributed by atoms with Crippen LogP contribution in [0.1, 0.15) is 41.7 Å². The van der Waals surface area contributed by atoms with Gasteiger partial charge in [0.1, 0.15) is 5.68 Å². The molecule has 4 heteroatoms. The van der Waals surface area contributed by atoms with Gasteiger partial charge in [-0.2, -0.15) is 0 Å². The van der Waals surface area contributed by atoms with Crippen molar-refractivity contribution >= 4 is 44.0 Å². The van der Waals surface area contributed by atoms with Gasteiger partial charge in [-0.25, -0.2) is 0 Å². The van der Waals surface area contributed by atoms with Crippen molar-refractivity contribution in [3.05, 3.63) is 101 Å². The molecule has 1 aromatic heterocycles. The quantitative estimate of drug-likeness (QED) is 0.198. The highest BCUT2D eigenvalue weighted by atomic mass is 31.0. The van der Waals surface area contributed by atoms with Crippen LogP contribution in [-0.2, 0) is 17.5 Å². The molecule has 0 saturated carbocycles. The molecular formula is C28H31BNOP. The van der Waals surface area contributed by atoms with Crippen molar-refractivity contribution in [2.45, 2.75) is 40.4 Å². The second-order valence-corrected chi connectivity index (χ2v) is 9.42. The first-order valence-electron chi connectivity index (χ1n) is 10.9. The maximum absolute atomic E-state index is 12.7. The summed E-state index contributed by atoms with van der Waals surface area (Å²) >= 11 is 0. The van der Waals surface area contributed by atoms with Gasteiger partial charge in [0.05, 0.1) is 5.52 Å². The summed E-state index contributed by atoms with van der Waals surface area (Å²) in [4.78, 5) is 17.2. The number of carbonyl (C=O) groups excluding carboxylic acids is 1. The van der Waals surface area contributed by atoms with Crippen LogP contribution in [0.3, 0.4) is 0 Å². The minimum absolute atomic E-state index is 0.0875. The molecule has 0 saturated heterocycles. The third kappa shape index (κ3) is 5.93. The van der Waals surface area contributed by atoms with E-state index < -0.39 is 0 Å². The lowest BCUT2D eigenvalue weighted by molar-refractivity contribution is -0.108. The third-order valence-electron chi connectivity index (χ3n) is 5.71. The summed E-state index contributed by atoms with van der Waals surface area (Å²) in [6.07, 6.45) is 5.29. The highest BCUT2D eigenvalue weighted by Crippen LogP contribution is 2.20. The molecule has 32 heavy (non-hydrogen) atoms. The number of allylic oxidation sites excluding steroid dienone is 4. The molecule has 3 aromatic rings. The van der Waals surface area contributed by atoms with E-state index in [1.54, 1.807) is 0 Å². The Morgan fingerprint density at radius 1 is 1.12 bits per heavy atom. The third-order valence-corrected chi connectivity index (χ3v) is 6.25. The standard InChI is InChI=1S/C28H31BNOP/c1-17(2)25-14-24(27(32)12-20(25)5)15-29-28(31)21(6)9-18(3)10-22-7-8-26-23(13-22)11-19(4)16-30-26/h7-9,11-14,16,29H,1,6,10,15,32H2,2-5H3/b18-9+. The highest BCUT2D eigenvalue weighted by molar-refractivity contribution is 7.27. The van der Waals surface area contributed by atoms with Crippen molar-refractivity contribution in [3.63, 3.8) is 0 Å². The van der Waals surface area contributed by atoms with E-state index >= 15 is 0 Å². The first-order valence-corrected chi connectivity index (χ1v) is 11.5. The van der Waals surface area contributed by atoms with E-state index in [9.17, 15) is 4.79 Å². The lowest BCUT2D eigenvalue weighted by Crippen LogP contribution is -2.17. The first-order chi connectivity index (χ1) is 15.1. The summed E-state index contributed by atoms with van der Waals surface area (Å²) in [6.45, 7) is 16.3. The van der Waals surface area contributed by atoms with Crippen molar-refractivity contribution in [2.24, 2.45) is 0 Å². The Morgan fingerprint density at radius 2 is 1.88 bits per heavy atom. The lowest BCUT2D eigenvalue weighted by atomic mass is 9.65. The van der Waals surface area contributed by atoms with Crippen LogP contribution in [0.2, 0.25) is 0 Å². The van der Waals surface area contributed by atoms with Crippen LogP contribution >= 0.6 is 9.24 Å². The smallest absolute Gasteiger partial charge is 0.216 e. The molecule has 1 heterocycles. The lowest BCUT2D eigenvalue weighted by Gasteiger charge is -2.12. The predicted molar refractivity (Wildman–Crippen MR) is 144 cm³/mol. The van der Waals surface area contributed by atoms with Crippen LogP contribution in [0.4, 0.5) is 0 Å². The summed E-state index contributed by atoms with van der Waals surface area (Å²) in [6, 6.07) is 12.8. The van der Waals surface area contributed by atoms with Crippen LogP contribution < -0.4 is 5.30 Å². The normalized spacial score (nSPS) is 11.5. The number of hydrogen-bond acceptors (Lipinski definition) is 2. The predicted octanol–water partition coefficient (Wildman–Crippen LogP) is 5.59. The van der Waals surface area contributed by atoms with E-state index in [4.69, 9.17) is 0 Å². The van der Waals surface area contributed by atoms with Gasteiger partial charge >= 0.3 is 0 Å². The maximum Gasteiger partial charge on any atom is 0.216 e. The molecule has 0 amide bonds. The second kappa shape index (κ2) is 10.2. The van der Waals surface area contributed by atoms with E-state index in [0.717, 1.165) is 44.9 Å². The van der Waals surface area contributed by atoms with Crippen LogP contribution in [-0.4, -0.2) is 17.9 Å². The topological polar surface area (TPSA) is 30.0 Å². The number of nitrogens with zero attached hydrogens (tertiary/aromatic N) is 1. The number of hydrogen-bond donors (Lipinski definition) is 0. The fraction of sp³-hybridized carbons (Fsp3) is 0.214. The Balaban J connectivity index is 1.65. The Morgan fingerprint density at radius 3 is 2.59 bits per heavy atom. The monoisotopic (exact) mass is 439 g/mol. The molecule has 0 spiro atoms. The van der Waals surface area contributed by atoms with E-state index in [2.05, 4.69) is 84.6 Å². The van der Waals surface area contributed by atoms with Crippen LogP contribution in [0.15, 0.2) is 73.0 Å². The maximum atomic E-state index is 12.7.